The average molecular weight is 433 g/mol. The Bertz CT molecular complexity index is 439. The van der Waals surface area contributed by atoms with Crippen molar-refractivity contribution in [1.82, 2.24) is 9.80 Å². The fourth-order valence-electron chi connectivity index (χ4n) is 5.30. The number of carbonyl (C=O) groups is 1. The number of hydrogen-bond donors (Lipinski definition) is 0. The monoisotopic (exact) mass is 432 g/mol. The molecule has 0 N–H and O–H groups in total. The highest BCUT2D eigenvalue weighted by Crippen LogP contribution is 2.29. The van der Waals surface area contributed by atoms with Crippen molar-refractivity contribution >= 4 is 18.6 Å². The predicted octanol–water partition coefficient (Wildman–Crippen LogP) is 5.36. The van der Waals surface area contributed by atoms with Gasteiger partial charge in [-0.05, 0) is 51.6 Å². The van der Waals surface area contributed by atoms with Crippen LogP contribution >= 0.6 is 12.4 Å². The van der Waals surface area contributed by atoms with Gasteiger partial charge in [-0.3, -0.25) is 0 Å². The van der Waals surface area contributed by atoms with Crippen molar-refractivity contribution in [2.45, 2.75) is 103 Å². The zero-order chi connectivity index (χ0) is 20.7. The second kappa shape index (κ2) is 13.0. The minimum Gasteiger partial charge on any atom is -0.431 e. The maximum absolute atomic E-state index is 12.5. The third kappa shape index (κ3) is 7.91. The minimum absolute atomic E-state index is 0. The molecule has 2 aliphatic heterocycles. The van der Waals surface area contributed by atoms with E-state index < -0.39 is 6.16 Å². The Hall–Kier alpha value is -0.520. The highest BCUT2D eigenvalue weighted by molar-refractivity contribution is 5.85. The van der Waals surface area contributed by atoms with Crippen molar-refractivity contribution in [3.8, 4) is 0 Å². The van der Waals surface area contributed by atoms with Gasteiger partial charge in [0.15, 0.2) is 0 Å². The Morgan fingerprint density at radius 1 is 0.862 bits per heavy atom. The summed E-state index contributed by atoms with van der Waals surface area (Å²) in [6, 6.07) is 0.989. The first-order valence-corrected chi connectivity index (χ1v) is 11.6. The van der Waals surface area contributed by atoms with E-state index in [1.807, 2.05) is 0 Å². The Labute approximate surface area is 185 Å². The van der Waals surface area contributed by atoms with E-state index in [-0.39, 0.29) is 24.6 Å². The first-order chi connectivity index (χ1) is 13.3. The lowest BCUT2D eigenvalue weighted by molar-refractivity contribution is -0.0514. The van der Waals surface area contributed by atoms with E-state index in [0.717, 1.165) is 38.8 Å². The first kappa shape index (κ1) is 26.5. The zero-order valence-corrected chi connectivity index (χ0v) is 20.4. The summed E-state index contributed by atoms with van der Waals surface area (Å²) in [6.45, 7) is 11.1. The molecular formula is C23H45ClN2O3. The van der Waals surface area contributed by atoms with Gasteiger partial charge in [0.2, 0.25) is 0 Å². The SMILES string of the molecule is CCCC(C)C1CC(OC(=O)OC2CCN(C)C(C(C)CCC)C2)CCN1C.Cl. The summed E-state index contributed by atoms with van der Waals surface area (Å²) in [5.41, 5.74) is 0. The molecule has 5 nitrogen and oxygen atoms in total. The average Bonchev–Trinajstić information content (AvgIpc) is 2.65. The summed E-state index contributed by atoms with van der Waals surface area (Å²) in [7, 11) is 4.39. The summed E-state index contributed by atoms with van der Waals surface area (Å²) in [4.78, 5) is 17.3. The van der Waals surface area contributed by atoms with Crippen LogP contribution in [0.15, 0.2) is 0 Å². The lowest BCUT2D eigenvalue weighted by Gasteiger charge is -2.41. The molecule has 0 amide bonds. The van der Waals surface area contributed by atoms with Gasteiger partial charge in [0.25, 0.3) is 0 Å². The summed E-state index contributed by atoms with van der Waals surface area (Å²) >= 11 is 0. The second-order valence-electron chi connectivity index (χ2n) is 9.41. The topological polar surface area (TPSA) is 42.0 Å². The van der Waals surface area contributed by atoms with Gasteiger partial charge >= 0.3 is 6.16 Å². The van der Waals surface area contributed by atoms with Crippen LogP contribution < -0.4 is 0 Å². The van der Waals surface area contributed by atoms with Gasteiger partial charge < -0.3 is 19.3 Å². The van der Waals surface area contributed by atoms with E-state index in [2.05, 4.69) is 51.6 Å². The lowest BCUT2D eigenvalue weighted by atomic mass is 9.87. The highest BCUT2D eigenvalue weighted by Gasteiger charge is 2.34. The van der Waals surface area contributed by atoms with Gasteiger partial charge in [-0.25, -0.2) is 4.79 Å². The van der Waals surface area contributed by atoms with Crippen molar-refractivity contribution < 1.29 is 14.3 Å². The van der Waals surface area contributed by atoms with E-state index in [1.165, 1.54) is 25.7 Å². The molecule has 2 rings (SSSR count). The molecule has 0 aliphatic carbocycles. The second-order valence-corrected chi connectivity index (χ2v) is 9.41. The van der Waals surface area contributed by atoms with Gasteiger partial charge in [0.05, 0.1) is 0 Å². The van der Waals surface area contributed by atoms with E-state index in [4.69, 9.17) is 9.47 Å². The fourth-order valence-corrected chi connectivity index (χ4v) is 5.30. The molecule has 6 unspecified atom stereocenters. The van der Waals surface area contributed by atoms with Gasteiger partial charge in [-0.15, -0.1) is 12.4 Å². The number of likely N-dealkylation sites (tertiary alicyclic amines) is 2. The molecule has 0 saturated carbocycles. The molecule has 0 aromatic heterocycles. The molecule has 172 valence electrons. The molecule has 2 heterocycles. The van der Waals surface area contributed by atoms with Gasteiger partial charge in [-0.1, -0.05) is 40.5 Å². The Morgan fingerprint density at radius 2 is 1.24 bits per heavy atom. The molecule has 29 heavy (non-hydrogen) atoms. The van der Waals surface area contributed by atoms with Crippen molar-refractivity contribution in [1.29, 1.82) is 0 Å². The van der Waals surface area contributed by atoms with Crippen LogP contribution in [0.3, 0.4) is 0 Å². The Kier molecular flexibility index (Phi) is 11.9. The number of piperidine rings is 2. The first-order valence-electron chi connectivity index (χ1n) is 11.6. The van der Waals surface area contributed by atoms with E-state index in [0.29, 0.717) is 23.9 Å². The lowest BCUT2D eigenvalue weighted by Crippen LogP contribution is -2.48. The van der Waals surface area contributed by atoms with Crippen LogP contribution in [0.4, 0.5) is 4.79 Å². The third-order valence-electron chi connectivity index (χ3n) is 7.08. The number of carbonyl (C=O) groups excluding carboxylic acids is 1. The number of hydrogen-bond acceptors (Lipinski definition) is 5. The van der Waals surface area contributed by atoms with Crippen molar-refractivity contribution in [3.05, 3.63) is 0 Å². The number of ether oxygens (including phenoxy) is 2. The van der Waals surface area contributed by atoms with E-state index in [9.17, 15) is 4.79 Å². The van der Waals surface area contributed by atoms with Crippen LogP contribution in [0.5, 0.6) is 0 Å². The molecule has 0 aromatic carbocycles. The van der Waals surface area contributed by atoms with Crippen LogP contribution in [-0.2, 0) is 9.47 Å². The molecule has 0 bridgehead atoms. The standard InChI is InChI=1S/C23H44N2O3.ClH/c1-7-9-17(3)21-15-19(11-13-24(21)5)27-23(26)28-20-12-14-25(6)22(16-20)18(4)10-8-2;/h17-22H,7-16H2,1-6H3;1H. The highest BCUT2D eigenvalue weighted by atomic mass is 35.5. The van der Waals surface area contributed by atoms with Gasteiger partial charge in [0.1, 0.15) is 12.2 Å². The number of rotatable bonds is 8. The van der Waals surface area contributed by atoms with Crippen LogP contribution in [0.1, 0.15) is 79.1 Å². The maximum atomic E-state index is 12.5. The Morgan fingerprint density at radius 3 is 1.59 bits per heavy atom. The third-order valence-corrected chi connectivity index (χ3v) is 7.08. The molecular weight excluding hydrogens is 388 g/mol. The number of nitrogens with zero attached hydrogens (tertiary/aromatic N) is 2. The van der Waals surface area contributed by atoms with Gasteiger partial charge in [0, 0.05) is 38.0 Å². The molecule has 0 spiro atoms. The molecule has 2 fully saturated rings. The van der Waals surface area contributed by atoms with Crippen LogP contribution in [-0.4, -0.2) is 67.4 Å². The molecule has 0 radical (unpaired) electrons. The van der Waals surface area contributed by atoms with Crippen molar-refractivity contribution in [2.75, 3.05) is 27.2 Å². The summed E-state index contributed by atoms with van der Waals surface area (Å²) in [6.07, 6.45) is 8.05. The predicted molar refractivity (Wildman–Crippen MR) is 122 cm³/mol. The van der Waals surface area contributed by atoms with Crippen LogP contribution in [0.2, 0.25) is 0 Å². The van der Waals surface area contributed by atoms with Gasteiger partial charge in [-0.2, -0.15) is 0 Å². The summed E-state index contributed by atoms with van der Waals surface area (Å²) in [5, 5.41) is 0. The largest absolute Gasteiger partial charge is 0.508 e. The molecule has 0 aromatic rings. The fraction of sp³-hybridized carbons (Fsp3) is 0.957. The summed E-state index contributed by atoms with van der Waals surface area (Å²) < 4.78 is 11.5. The zero-order valence-electron chi connectivity index (χ0n) is 19.6. The normalized spacial score (nSPS) is 30.8. The van der Waals surface area contributed by atoms with Crippen LogP contribution in [0.25, 0.3) is 0 Å². The smallest absolute Gasteiger partial charge is 0.431 e. The molecule has 6 atom stereocenters. The quantitative estimate of drug-likeness (QED) is 0.483. The van der Waals surface area contributed by atoms with E-state index >= 15 is 0 Å². The van der Waals surface area contributed by atoms with Crippen molar-refractivity contribution in [3.63, 3.8) is 0 Å². The summed E-state index contributed by atoms with van der Waals surface area (Å²) in [5.74, 6) is 1.26. The van der Waals surface area contributed by atoms with Crippen molar-refractivity contribution in [2.24, 2.45) is 11.8 Å². The number of halogens is 1. The maximum Gasteiger partial charge on any atom is 0.508 e. The van der Waals surface area contributed by atoms with E-state index in [1.54, 1.807) is 0 Å². The molecule has 6 heteroatoms. The Balaban J connectivity index is 0.00000420. The minimum atomic E-state index is -0.451. The molecule has 2 saturated heterocycles. The van der Waals surface area contributed by atoms with Crippen LogP contribution in [0, 0.1) is 11.8 Å². The molecule has 2 aliphatic rings.